The van der Waals surface area contributed by atoms with Crippen molar-refractivity contribution >= 4 is 44.4 Å². The zero-order valence-corrected chi connectivity index (χ0v) is 18.8. The molecule has 0 aromatic carbocycles. The summed E-state index contributed by atoms with van der Waals surface area (Å²) in [7, 11) is 0. The standard InChI is InChI=1S/C15H4BrF13O4S2/c16-8-4-3-6(35-8)5-1-2-7(34-5)9(30)10(17,18)31-11(19,20)12(21,22)32-13(23,24)14(25,26)33-15(27,28)29/h1-4H. The highest BCUT2D eigenvalue weighted by atomic mass is 79.9. The Balaban J connectivity index is 2.23. The number of hydrogen-bond acceptors (Lipinski definition) is 6. The quantitative estimate of drug-likeness (QED) is 0.196. The molecule has 2 rings (SSSR count). The highest BCUT2D eigenvalue weighted by molar-refractivity contribution is 9.11. The summed E-state index contributed by atoms with van der Waals surface area (Å²) in [5, 5.41) is 0. The average Bonchev–Trinajstić information content (AvgIpc) is 3.25. The van der Waals surface area contributed by atoms with Crippen LogP contribution in [0.4, 0.5) is 57.1 Å². The Hall–Kier alpha value is -1.48. The monoisotopic (exact) mass is 638 g/mol. The third-order valence-electron chi connectivity index (χ3n) is 3.34. The molecule has 20 heteroatoms. The first-order valence-electron chi connectivity index (χ1n) is 7.96. The number of ether oxygens (including phenoxy) is 3. The van der Waals surface area contributed by atoms with E-state index in [1.165, 1.54) is 12.1 Å². The molecule has 0 unspecified atom stereocenters. The highest BCUT2D eigenvalue weighted by Gasteiger charge is 2.74. The average molecular weight is 639 g/mol. The lowest BCUT2D eigenvalue weighted by molar-refractivity contribution is -0.561. The van der Waals surface area contributed by atoms with Crippen molar-refractivity contribution in [3.05, 3.63) is 32.9 Å². The van der Waals surface area contributed by atoms with Crippen LogP contribution in [0.2, 0.25) is 0 Å². The van der Waals surface area contributed by atoms with Crippen molar-refractivity contribution < 1.29 is 76.1 Å². The first-order valence-corrected chi connectivity index (χ1v) is 10.4. The fraction of sp³-hybridized carbons (Fsp3) is 0.400. The van der Waals surface area contributed by atoms with Crippen LogP contribution in [-0.4, -0.2) is 42.7 Å². The van der Waals surface area contributed by atoms with E-state index in [1.54, 1.807) is 9.47 Å². The van der Waals surface area contributed by atoms with Gasteiger partial charge < -0.3 is 0 Å². The molecule has 0 aliphatic rings. The van der Waals surface area contributed by atoms with E-state index in [0.29, 0.717) is 14.7 Å². The van der Waals surface area contributed by atoms with E-state index in [9.17, 15) is 61.9 Å². The number of hydrogen-bond donors (Lipinski definition) is 0. The second-order valence-electron chi connectivity index (χ2n) is 5.93. The Morgan fingerprint density at radius 2 is 1.06 bits per heavy atom. The van der Waals surface area contributed by atoms with Gasteiger partial charge in [0.2, 0.25) is 0 Å². The highest BCUT2D eigenvalue weighted by Crippen LogP contribution is 2.49. The summed E-state index contributed by atoms with van der Waals surface area (Å²) in [5.41, 5.74) is 0. The molecule has 35 heavy (non-hydrogen) atoms. The van der Waals surface area contributed by atoms with Crippen molar-refractivity contribution in [2.75, 3.05) is 0 Å². The van der Waals surface area contributed by atoms with Gasteiger partial charge >= 0.3 is 36.9 Å². The molecule has 0 saturated heterocycles. The van der Waals surface area contributed by atoms with E-state index in [4.69, 9.17) is 0 Å². The van der Waals surface area contributed by atoms with Crippen LogP contribution in [-0.2, 0) is 14.2 Å². The van der Waals surface area contributed by atoms with Crippen molar-refractivity contribution in [3.63, 3.8) is 0 Å². The van der Waals surface area contributed by atoms with Crippen LogP contribution in [0.3, 0.4) is 0 Å². The molecule has 2 heterocycles. The SMILES string of the molecule is O=C(c1ccc(-c2ccc(Br)s2)s1)C(F)(F)OC(F)(F)C(F)(F)OC(F)(F)C(F)(F)OC(F)(F)F. The molecule has 0 amide bonds. The van der Waals surface area contributed by atoms with Gasteiger partial charge in [0.1, 0.15) is 0 Å². The largest absolute Gasteiger partial charge is 0.527 e. The molecule has 2 aromatic heterocycles. The van der Waals surface area contributed by atoms with Gasteiger partial charge in [0.05, 0.1) is 8.66 Å². The van der Waals surface area contributed by atoms with Gasteiger partial charge in [-0.25, -0.2) is 14.2 Å². The number of rotatable bonds is 10. The Bertz CT molecular complexity index is 1060. The van der Waals surface area contributed by atoms with E-state index in [2.05, 4.69) is 20.7 Å². The van der Waals surface area contributed by atoms with Gasteiger partial charge in [0.25, 0.3) is 5.78 Å². The number of Topliss-reactive ketones (excluding diaryl/α,β-unsaturated/α-hetero) is 1. The van der Waals surface area contributed by atoms with Crippen LogP contribution in [0.1, 0.15) is 9.67 Å². The first-order chi connectivity index (χ1) is 15.5. The third-order valence-corrected chi connectivity index (χ3v) is 6.25. The summed E-state index contributed by atoms with van der Waals surface area (Å²) in [6.45, 7) is 0. The molecule has 4 nitrogen and oxygen atoms in total. The van der Waals surface area contributed by atoms with E-state index in [0.717, 1.165) is 17.4 Å². The summed E-state index contributed by atoms with van der Waals surface area (Å²) < 4.78 is 175. The van der Waals surface area contributed by atoms with Crippen LogP contribution < -0.4 is 0 Å². The summed E-state index contributed by atoms with van der Waals surface area (Å²) in [4.78, 5) is 11.3. The maximum absolute atomic E-state index is 13.9. The number of carbonyl (C=O) groups excluding carboxylic acids is 1. The van der Waals surface area contributed by atoms with Crippen LogP contribution in [0.5, 0.6) is 0 Å². The second kappa shape index (κ2) is 9.43. The van der Waals surface area contributed by atoms with Crippen LogP contribution in [0.15, 0.2) is 28.1 Å². The first kappa shape index (κ1) is 29.7. The molecule has 0 spiro atoms. The maximum Gasteiger partial charge on any atom is 0.527 e. The lowest BCUT2D eigenvalue weighted by atomic mass is 10.3. The minimum absolute atomic E-state index is 0.131. The van der Waals surface area contributed by atoms with Gasteiger partial charge in [-0.3, -0.25) is 4.79 Å². The molecular weight excluding hydrogens is 635 g/mol. The van der Waals surface area contributed by atoms with Gasteiger partial charge in [-0.05, 0) is 40.2 Å². The minimum atomic E-state index is -7.16. The molecule has 0 saturated carbocycles. The summed E-state index contributed by atoms with van der Waals surface area (Å²) >= 11 is 4.39. The fourth-order valence-corrected chi connectivity index (χ4v) is 4.38. The van der Waals surface area contributed by atoms with Crippen LogP contribution in [0, 0.1) is 0 Å². The Morgan fingerprint density at radius 1 is 0.629 bits per heavy atom. The maximum atomic E-state index is 13.9. The Morgan fingerprint density at radius 3 is 1.51 bits per heavy atom. The van der Waals surface area contributed by atoms with Gasteiger partial charge in [-0.1, -0.05) is 0 Å². The zero-order valence-electron chi connectivity index (χ0n) is 15.6. The van der Waals surface area contributed by atoms with Crippen molar-refractivity contribution in [2.24, 2.45) is 0 Å². The Kier molecular flexibility index (Phi) is 8.02. The molecule has 0 atom stereocenters. The number of carbonyl (C=O) groups is 1. The molecule has 198 valence electrons. The molecule has 0 fully saturated rings. The van der Waals surface area contributed by atoms with Crippen molar-refractivity contribution in [1.29, 1.82) is 0 Å². The number of alkyl halides is 13. The van der Waals surface area contributed by atoms with E-state index < -0.39 is 47.6 Å². The molecule has 0 aliphatic carbocycles. The second-order valence-corrected chi connectivity index (χ2v) is 9.48. The van der Waals surface area contributed by atoms with E-state index in [1.807, 2.05) is 0 Å². The van der Waals surface area contributed by atoms with Crippen molar-refractivity contribution in [2.45, 2.75) is 36.9 Å². The topological polar surface area (TPSA) is 44.8 Å². The number of thiophene rings is 2. The molecular formula is C15H4BrF13O4S2. The molecule has 0 N–H and O–H groups in total. The van der Waals surface area contributed by atoms with Gasteiger partial charge in [0, 0.05) is 9.75 Å². The number of ketones is 1. The lowest BCUT2D eigenvalue weighted by Gasteiger charge is -2.33. The summed E-state index contributed by atoms with van der Waals surface area (Å²) in [6.07, 6.45) is -40.7. The molecule has 0 radical (unpaired) electrons. The minimum Gasteiger partial charge on any atom is -0.283 e. The normalized spacial score (nSPS) is 14.5. The Labute approximate surface area is 200 Å². The molecule has 0 aliphatic heterocycles. The fourth-order valence-electron chi connectivity index (χ4n) is 1.93. The van der Waals surface area contributed by atoms with Crippen molar-refractivity contribution in [1.82, 2.24) is 0 Å². The zero-order chi connectivity index (χ0) is 27.3. The third kappa shape index (κ3) is 6.85. The van der Waals surface area contributed by atoms with Crippen LogP contribution >= 0.6 is 38.6 Å². The van der Waals surface area contributed by atoms with E-state index in [-0.39, 0.29) is 16.2 Å². The van der Waals surface area contributed by atoms with E-state index >= 15 is 0 Å². The van der Waals surface area contributed by atoms with Gasteiger partial charge in [-0.2, -0.15) is 43.9 Å². The molecule has 2 aromatic rings. The van der Waals surface area contributed by atoms with Crippen LogP contribution in [0.25, 0.3) is 9.75 Å². The predicted octanol–water partition coefficient (Wildman–Crippen LogP) is 7.96. The smallest absolute Gasteiger partial charge is 0.283 e. The predicted molar refractivity (Wildman–Crippen MR) is 93.7 cm³/mol. The number of halogens is 14. The lowest BCUT2D eigenvalue weighted by Crippen LogP contribution is -2.57. The van der Waals surface area contributed by atoms with Gasteiger partial charge in [-0.15, -0.1) is 35.8 Å². The molecule has 0 bridgehead atoms. The summed E-state index contributed by atoms with van der Waals surface area (Å²) in [5.74, 6) is -2.67. The summed E-state index contributed by atoms with van der Waals surface area (Å²) in [6, 6.07) is 4.68. The van der Waals surface area contributed by atoms with Crippen molar-refractivity contribution in [3.8, 4) is 9.75 Å². The van der Waals surface area contributed by atoms with Gasteiger partial charge in [0.15, 0.2) is 0 Å².